The Hall–Kier alpha value is -2.17. The fourth-order valence-electron chi connectivity index (χ4n) is 1.89. The summed E-state index contributed by atoms with van der Waals surface area (Å²) in [7, 11) is 1.78. The summed E-state index contributed by atoms with van der Waals surface area (Å²) in [5, 5.41) is 6.92. The molecule has 0 aliphatic carbocycles. The minimum absolute atomic E-state index is 0.0384. The van der Waals surface area contributed by atoms with Crippen LogP contribution in [0.3, 0.4) is 0 Å². The molecule has 5 heteroatoms. The molecular formula is C14H16FN3O. The number of nitrogens with zero attached hydrogens (tertiary/aromatic N) is 2. The highest BCUT2D eigenvalue weighted by molar-refractivity contribution is 6.04. The van der Waals surface area contributed by atoms with Gasteiger partial charge in [0, 0.05) is 13.2 Å². The first-order chi connectivity index (χ1) is 9.01. The van der Waals surface area contributed by atoms with Gasteiger partial charge in [-0.2, -0.15) is 5.10 Å². The fraction of sp³-hybridized carbons (Fsp3) is 0.286. The normalized spacial score (nSPS) is 10.5. The summed E-state index contributed by atoms with van der Waals surface area (Å²) in [6, 6.07) is 4.54. The number of amides is 1. The third-order valence-corrected chi connectivity index (χ3v) is 2.86. The Morgan fingerprint density at radius 1 is 1.47 bits per heavy atom. The molecule has 0 atom stereocenters. The van der Waals surface area contributed by atoms with Gasteiger partial charge in [0.2, 0.25) is 0 Å². The number of carbonyl (C=O) groups is 1. The molecule has 1 amide bonds. The van der Waals surface area contributed by atoms with Crippen LogP contribution in [0.4, 0.5) is 10.1 Å². The highest BCUT2D eigenvalue weighted by Crippen LogP contribution is 2.17. The zero-order valence-electron chi connectivity index (χ0n) is 11.2. The van der Waals surface area contributed by atoms with Crippen LogP contribution >= 0.6 is 0 Å². The minimum Gasteiger partial charge on any atom is -0.319 e. The Morgan fingerprint density at radius 2 is 2.21 bits per heavy atom. The van der Waals surface area contributed by atoms with E-state index in [1.807, 2.05) is 6.92 Å². The molecule has 0 fully saturated rings. The predicted molar refractivity (Wildman–Crippen MR) is 71.7 cm³/mol. The summed E-state index contributed by atoms with van der Waals surface area (Å²) in [6.07, 6.45) is 2.41. The Bertz CT molecular complexity index is 619. The maximum atomic E-state index is 13.7. The van der Waals surface area contributed by atoms with Crippen molar-refractivity contribution in [2.75, 3.05) is 5.32 Å². The first kappa shape index (κ1) is 13.3. The smallest absolute Gasteiger partial charge is 0.258 e. The van der Waals surface area contributed by atoms with Crippen molar-refractivity contribution in [3.63, 3.8) is 0 Å². The van der Waals surface area contributed by atoms with Gasteiger partial charge in [-0.05, 0) is 31.0 Å². The second-order valence-electron chi connectivity index (χ2n) is 4.45. The second-order valence-corrected chi connectivity index (χ2v) is 4.45. The van der Waals surface area contributed by atoms with Crippen LogP contribution in [0.15, 0.2) is 24.4 Å². The van der Waals surface area contributed by atoms with Crippen molar-refractivity contribution in [3.05, 3.63) is 47.0 Å². The largest absolute Gasteiger partial charge is 0.319 e. The second kappa shape index (κ2) is 5.22. The van der Waals surface area contributed by atoms with Crippen LogP contribution < -0.4 is 5.32 Å². The molecule has 19 heavy (non-hydrogen) atoms. The van der Waals surface area contributed by atoms with E-state index in [0.29, 0.717) is 12.1 Å². The molecule has 0 saturated heterocycles. The van der Waals surface area contributed by atoms with Gasteiger partial charge < -0.3 is 5.32 Å². The van der Waals surface area contributed by atoms with Crippen LogP contribution in [0.5, 0.6) is 0 Å². The van der Waals surface area contributed by atoms with Crippen LogP contribution in [0.2, 0.25) is 0 Å². The van der Waals surface area contributed by atoms with E-state index < -0.39 is 11.7 Å². The molecule has 0 saturated carbocycles. The number of carbonyl (C=O) groups excluding carboxylic acids is 1. The molecule has 0 bridgehead atoms. The van der Waals surface area contributed by atoms with E-state index in [1.165, 1.54) is 12.1 Å². The van der Waals surface area contributed by atoms with E-state index in [1.54, 1.807) is 30.9 Å². The predicted octanol–water partition coefficient (Wildman–Crippen LogP) is 2.68. The van der Waals surface area contributed by atoms with E-state index >= 15 is 0 Å². The van der Waals surface area contributed by atoms with Crippen molar-refractivity contribution in [2.24, 2.45) is 7.05 Å². The van der Waals surface area contributed by atoms with Crippen molar-refractivity contribution < 1.29 is 9.18 Å². The van der Waals surface area contributed by atoms with Crippen molar-refractivity contribution in [3.8, 4) is 0 Å². The average molecular weight is 261 g/mol. The van der Waals surface area contributed by atoms with Crippen LogP contribution in [-0.4, -0.2) is 15.7 Å². The Labute approximate surface area is 111 Å². The number of aryl methyl sites for hydroxylation is 3. The molecule has 0 unspecified atom stereocenters. The molecule has 0 spiro atoms. The lowest BCUT2D eigenvalue weighted by Gasteiger charge is -2.06. The van der Waals surface area contributed by atoms with Gasteiger partial charge in [-0.1, -0.05) is 13.0 Å². The quantitative estimate of drug-likeness (QED) is 0.923. The number of anilines is 1. The van der Waals surface area contributed by atoms with Crippen LogP contribution in [0.1, 0.15) is 28.5 Å². The summed E-state index contributed by atoms with van der Waals surface area (Å²) in [6.45, 7) is 3.73. The molecule has 2 rings (SSSR count). The van der Waals surface area contributed by atoms with Crippen LogP contribution in [0, 0.1) is 12.7 Å². The number of rotatable bonds is 3. The summed E-state index contributed by atoms with van der Waals surface area (Å²) < 4.78 is 15.3. The summed E-state index contributed by atoms with van der Waals surface area (Å²) in [5.41, 5.74) is 2.22. The third-order valence-electron chi connectivity index (χ3n) is 2.86. The molecule has 0 radical (unpaired) electrons. The number of hydrogen-bond donors (Lipinski definition) is 1. The maximum Gasteiger partial charge on any atom is 0.258 e. The van der Waals surface area contributed by atoms with Crippen LogP contribution in [0.25, 0.3) is 0 Å². The van der Waals surface area contributed by atoms with Crippen molar-refractivity contribution >= 4 is 11.6 Å². The molecule has 0 aliphatic rings. The van der Waals surface area contributed by atoms with Gasteiger partial charge in [-0.3, -0.25) is 9.48 Å². The van der Waals surface area contributed by atoms with Gasteiger partial charge in [0.05, 0.1) is 16.9 Å². The van der Waals surface area contributed by atoms with Gasteiger partial charge in [0.1, 0.15) is 5.82 Å². The number of aromatic nitrogens is 2. The Balaban J connectivity index is 2.25. The van der Waals surface area contributed by atoms with Crippen molar-refractivity contribution in [1.82, 2.24) is 9.78 Å². The number of halogens is 1. The zero-order valence-corrected chi connectivity index (χ0v) is 11.2. The van der Waals surface area contributed by atoms with Gasteiger partial charge in [-0.15, -0.1) is 0 Å². The van der Waals surface area contributed by atoms with Crippen molar-refractivity contribution in [1.29, 1.82) is 0 Å². The molecule has 1 N–H and O–H groups in total. The first-order valence-corrected chi connectivity index (χ1v) is 6.11. The molecule has 1 aromatic heterocycles. The number of benzene rings is 1. The Kier molecular flexibility index (Phi) is 3.64. The average Bonchev–Trinajstić information content (AvgIpc) is 2.69. The van der Waals surface area contributed by atoms with Gasteiger partial charge in [0.15, 0.2) is 0 Å². The third kappa shape index (κ3) is 2.81. The zero-order chi connectivity index (χ0) is 14.0. The van der Waals surface area contributed by atoms with Crippen LogP contribution in [-0.2, 0) is 13.5 Å². The van der Waals surface area contributed by atoms with E-state index in [2.05, 4.69) is 10.4 Å². The molecule has 2 aromatic rings. The van der Waals surface area contributed by atoms with Gasteiger partial charge in [0.25, 0.3) is 5.91 Å². The van der Waals surface area contributed by atoms with E-state index in [9.17, 15) is 9.18 Å². The summed E-state index contributed by atoms with van der Waals surface area (Å²) in [5.74, 6) is -0.973. The Morgan fingerprint density at radius 3 is 2.84 bits per heavy atom. The lowest BCUT2D eigenvalue weighted by atomic mass is 10.1. The maximum absolute atomic E-state index is 13.7. The monoisotopic (exact) mass is 261 g/mol. The number of nitrogens with one attached hydrogen (secondary N) is 1. The number of hydrogen-bond acceptors (Lipinski definition) is 2. The minimum atomic E-state index is -0.514. The first-order valence-electron chi connectivity index (χ1n) is 6.11. The lowest BCUT2D eigenvalue weighted by Crippen LogP contribution is -2.14. The molecule has 1 aromatic carbocycles. The van der Waals surface area contributed by atoms with E-state index in [4.69, 9.17) is 0 Å². The standard InChI is InChI=1S/C14H16FN3O/c1-4-12-13(8-18(3)17-12)16-14(19)10-6-5-9(2)7-11(10)15/h5-8H,4H2,1-3H3,(H,16,19). The summed E-state index contributed by atoms with van der Waals surface area (Å²) in [4.78, 5) is 12.0. The van der Waals surface area contributed by atoms with Gasteiger partial charge in [-0.25, -0.2) is 4.39 Å². The topological polar surface area (TPSA) is 46.9 Å². The molecule has 4 nitrogen and oxygen atoms in total. The highest BCUT2D eigenvalue weighted by Gasteiger charge is 2.14. The van der Waals surface area contributed by atoms with Crippen molar-refractivity contribution in [2.45, 2.75) is 20.3 Å². The van der Waals surface area contributed by atoms with Gasteiger partial charge >= 0.3 is 0 Å². The molecular weight excluding hydrogens is 245 g/mol. The lowest BCUT2D eigenvalue weighted by molar-refractivity contribution is 0.102. The molecule has 100 valence electrons. The molecule has 1 heterocycles. The summed E-state index contributed by atoms with van der Waals surface area (Å²) >= 11 is 0. The molecule has 0 aliphatic heterocycles. The fourth-order valence-corrected chi connectivity index (χ4v) is 1.89. The highest BCUT2D eigenvalue weighted by atomic mass is 19.1. The van der Waals surface area contributed by atoms with E-state index in [0.717, 1.165) is 11.3 Å². The SMILES string of the molecule is CCc1nn(C)cc1NC(=O)c1ccc(C)cc1F. The van der Waals surface area contributed by atoms with E-state index in [-0.39, 0.29) is 5.56 Å².